The summed E-state index contributed by atoms with van der Waals surface area (Å²) in [4.78, 5) is 25.7. The van der Waals surface area contributed by atoms with Gasteiger partial charge < -0.3 is 15.7 Å². The lowest BCUT2D eigenvalue weighted by molar-refractivity contribution is 0.102. The van der Waals surface area contributed by atoms with E-state index >= 15 is 0 Å². The highest BCUT2D eigenvalue weighted by atomic mass is 16.3. The SMILES string of the molecule is Cc1ccccc1C(=O)Nc1ccc(O)c(-c2cc(C3CC3)n(C(=O)NCc3ccccc3)n2)c1. The van der Waals surface area contributed by atoms with Crippen LogP contribution in [0.4, 0.5) is 10.5 Å². The Kier molecular flexibility index (Phi) is 6.06. The zero-order valence-electron chi connectivity index (χ0n) is 19.4. The number of hydrogen-bond acceptors (Lipinski definition) is 4. The molecule has 176 valence electrons. The largest absolute Gasteiger partial charge is 0.507 e. The summed E-state index contributed by atoms with van der Waals surface area (Å²) in [5, 5.41) is 20.9. The van der Waals surface area contributed by atoms with Gasteiger partial charge in [-0.2, -0.15) is 9.78 Å². The molecule has 5 rings (SSSR count). The highest BCUT2D eigenvalue weighted by Crippen LogP contribution is 2.42. The minimum Gasteiger partial charge on any atom is -0.507 e. The molecule has 0 spiro atoms. The normalized spacial score (nSPS) is 12.8. The lowest BCUT2D eigenvalue weighted by atomic mass is 10.1. The maximum Gasteiger partial charge on any atom is 0.342 e. The van der Waals surface area contributed by atoms with Gasteiger partial charge >= 0.3 is 6.03 Å². The minimum absolute atomic E-state index is 0.0237. The molecule has 1 aliphatic rings. The number of amides is 2. The number of rotatable bonds is 6. The van der Waals surface area contributed by atoms with E-state index in [4.69, 9.17) is 0 Å². The van der Waals surface area contributed by atoms with Crippen LogP contribution in [0.5, 0.6) is 5.75 Å². The Morgan fingerprint density at radius 2 is 1.74 bits per heavy atom. The maximum atomic E-state index is 13.0. The molecule has 3 aromatic carbocycles. The molecular weight excluding hydrogens is 440 g/mol. The minimum atomic E-state index is -0.314. The van der Waals surface area contributed by atoms with E-state index in [1.165, 1.54) is 10.7 Å². The van der Waals surface area contributed by atoms with Crippen LogP contribution >= 0.6 is 0 Å². The average molecular weight is 467 g/mol. The third-order valence-electron chi connectivity index (χ3n) is 6.13. The Labute approximate surface area is 203 Å². The Morgan fingerprint density at radius 1 is 1.00 bits per heavy atom. The van der Waals surface area contributed by atoms with Crippen molar-refractivity contribution in [1.82, 2.24) is 15.1 Å². The van der Waals surface area contributed by atoms with Crippen LogP contribution in [0.3, 0.4) is 0 Å². The summed E-state index contributed by atoms with van der Waals surface area (Å²) in [6.07, 6.45) is 1.99. The number of carbonyl (C=O) groups excluding carboxylic acids is 2. The van der Waals surface area contributed by atoms with Gasteiger partial charge in [-0.05, 0) is 61.2 Å². The predicted molar refractivity (Wildman–Crippen MR) is 135 cm³/mol. The number of aromatic hydroxyl groups is 1. The monoisotopic (exact) mass is 466 g/mol. The highest BCUT2D eigenvalue weighted by Gasteiger charge is 2.30. The summed E-state index contributed by atoms with van der Waals surface area (Å²) >= 11 is 0. The van der Waals surface area contributed by atoms with E-state index in [1.54, 1.807) is 18.2 Å². The number of phenolic OH excluding ortho intramolecular Hbond substituents is 1. The number of nitrogens with one attached hydrogen (secondary N) is 2. The summed E-state index contributed by atoms with van der Waals surface area (Å²) in [5.74, 6) is 0.0598. The molecule has 0 saturated heterocycles. The van der Waals surface area contributed by atoms with Crippen molar-refractivity contribution in [2.75, 3.05) is 5.32 Å². The zero-order chi connectivity index (χ0) is 24.4. The molecule has 1 aliphatic carbocycles. The molecule has 7 nitrogen and oxygen atoms in total. The van der Waals surface area contributed by atoms with E-state index in [0.29, 0.717) is 29.1 Å². The maximum absolute atomic E-state index is 13.0. The standard InChI is InChI=1S/C28H26N4O3/c1-18-7-5-6-10-22(18)27(34)30-21-13-14-26(33)23(15-21)24-16-25(20-11-12-20)32(31-24)28(35)29-17-19-8-3-2-4-9-19/h2-10,13-16,20,33H,11-12,17H2,1H3,(H,29,35)(H,30,34). The van der Waals surface area contributed by atoms with E-state index in [0.717, 1.165) is 29.7 Å². The second kappa shape index (κ2) is 9.46. The summed E-state index contributed by atoms with van der Waals surface area (Å²) in [6, 6.07) is 23.4. The average Bonchev–Trinajstić information content (AvgIpc) is 3.62. The summed E-state index contributed by atoms with van der Waals surface area (Å²) in [5.41, 5.74) is 4.73. The van der Waals surface area contributed by atoms with Crippen LogP contribution in [-0.4, -0.2) is 26.8 Å². The van der Waals surface area contributed by atoms with E-state index in [1.807, 2.05) is 61.5 Å². The van der Waals surface area contributed by atoms with Crippen molar-refractivity contribution in [2.24, 2.45) is 0 Å². The number of carbonyl (C=O) groups is 2. The van der Waals surface area contributed by atoms with Crippen molar-refractivity contribution in [3.05, 3.63) is 101 Å². The van der Waals surface area contributed by atoms with Crippen molar-refractivity contribution in [1.29, 1.82) is 0 Å². The van der Waals surface area contributed by atoms with Crippen LogP contribution in [0.1, 0.15) is 45.9 Å². The van der Waals surface area contributed by atoms with Crippen LogP contribution < -0.4 is 10.6 Å². The molecule has 35 heavy (non-hydrogen) atoms. The van der Waals surface area contributed by atoms with E-state index in [9.17, 15) is 14.7 Å². The first-order valence-electron chi connectivity index (χ1n) is 11.6. The molecule has 7 heteroatoms. The molecule has 0 atom stereocenters. The topological polar surface area (TPSA) is 96.2 Å². The van der Waals surface area contributed by atoms with Crippen LogP contribution in [0, 0.1) is 6.92 Å². The summed E-state index contributed by atoms with van der Waals surface area (Å²) < 4.78 is 1.40. The molecule has 3 N–H and O–H groups in total. The van der Waals surface area contributed by atoms with Crippen molar-refractivity contribution < 1.29 is 14.7 Å². The predicted octanol–water partition coefficient (Wildman–Crippen LogP) is 5.45. The van der Waals surface area contributed by atoms with Crippen molar-refractivity contribution in [3.8, 4) is 17.0 Å². The van der Waals surface area contributed by atoms with Crippen molar-refractivity contribution in [2.45, 2.75) is 32.2 Å². The van der Waals surface area contributed by atoms with Gasteiger partial charge in [0.15, 0.2) is 0 Å². The molecule has 1 fully saturated rings. The van der Waals surface area contributed by atoms with E-state index in [2.05, 4.69) is 15.7 Å². The molecule has 0 aliphatic heterocycles. The second-order valence-electron chi connectivity index (χ2n) is 8.79. The van der Waals surface area contributed by atoms with E-state index in [-0.39, 0.29) is 23.6 Å². The molecule has 0 unspecified atom stereocenters. The van der Waals surface area contributed by atoms with Gasteiger partial charge in [0, 0.05) is 29.3 Å². The number of hydrogen-bond donors (Lipinski definition) is 3. The number of aryl methyl sites for hydroxylation is 1. The first-order valence-corrected chi connectivity index (χ1v) is 11.6. The summed E-state index contributed by atoms with van der Waals surface area (Å²) in [6.45, 7) is 2.27. The molecule has 0 bridgehead atoms. The number of aromatic nitrogens is 2. The van der Waals surface area contributed by atoms with Gasteiger partial charge in [-0.15, -0.1) is 0 Å². The van der Waals surface area contributed by atoms with Gasteiger partial charge in [0.2, 0.25) is 0 Å². The van der Waals surface area contributed by atoms with Crippen LogP contribution in [0.25, 0.3) is 11.3 Å². The van der Waals surface area contributed by atoms with Gasteiger partial charge in [-0.3, -0.25) is 4.79 Å². The fraction of sp³-hybridized carbons (Fsp3) is 0.179. The Morgan fingerprint density at radius 3 is 2.49 bits per heavy atom. The molecule has 1 saturated carbocycles. The lowest BCUT2D eigenvalue weighted by Gasteiger charge is -2.10. The number of anilines is 1. The zero-order valence-corrected chi connectivity index (χ0v) is 19.4. The molecule has 4 aromatic rings. The number of phenols is 1. The fourth-order valence-electron chi connectivity index (χ4n) is 4.05. The number of benzene rings is 3. The highest BCUT2D eigenvalue weighted by molar-refractivity contribution is 6.05. The first kappa shape index (κ1) is 22.4. The van der Waals surface area contributed by atoms with Gasteiger partial charge in [0.05, 0.1) is 11.4 Å². The lowest BCUT2D eigenvalue weighted by Crippen LogP contribution is -2.30. The second-order valence-corrected chi connectivity index (χ2v) is 8.79. The van der Waals surface area contributed by atoms with Crippen molar-refractivity contribution >= 4 is 17.6 Å². The van der Waals surface area contributed by atoms with Crippen LogP contribution in [0.2, 0.25) is 0 Å². The van der Waals surface area contributed by atoms with Gasteiger partial charge in [-0.25, -0.2) is 4.79 Å². The third-order valence-corrected chi connectivity index (χ3v) is 6.13. The van der Waals surface area contributed by atoms with Gasteiger partial charge in [-0.1, -0.05) is 48.5 Å². The van der Waals surface area contributed by atoms with Crippen molar-refractivity contribution in [3.63, 3.8) is 0 Å². The quantitative estimate of drug-likeness (QED) is 0.329. The molecular formula is C28H26N4O3. The fourth-order valence-corrected chi connectivity index (χ4v) is 4.05. The van der Waals surface area contributed by atoms with E-state index < -0.39 is 0 Å². The van der Waals surface area contributed by atoms with Crippen LogP contribution in [0.15, 0.2) is 78.9 Å². The van der Waals surface area contributed by atoms with Gasteiger partial charge in [0.1, 0.15) is 5.75 Å². The first-order chi connectivity index (χ1) is 17.0. The summed E-state index contributed by atoms with van der Waals surface area (Å²) in [7, 11) is 0. The Bertz CT molecular complexity index is 1390. The molecule has 1 aromatic heterocycles. The Balaban J connectivity index is 1.40. The molecule has 1 heterocycles. The van der Waals surface area contributed by atoms with Gasteiger partial charge in [0.25, 0.3) is 5.91 Å². The smallest absolute Gasteiger partial charge is 0.342 e. The molecule has 2 amide bonds. The third kappa shape index (κ3) is 4.94. The Hall–Kier alpha value is -4.39. The molecule has 0 radical (unpaired) electrons. The van der Waals surface area contributed by atoms with Crippen LogP contribution in [-0.2, 0) is 6.54 Å². The number of nitrogens with zero attached hydrogens (tertiary/aromatic N) is 2.